The van der Waals surface area contributed by atoms with Crippen molar-refractivity contribution < 1.29 is 8.78 Å². The molecule has 61 heavy (non-hydrogen) atoms. The molecule has 6 nitrogen and oxygen atoms in total. The van der Waals surface area contributed by atoms with Crippen molar-refractivity contribution in [2.75, 3.05) is 9.80 Å². The third kappa shape index (κ3) is 6.39. The van der Waals surface area contributed by atoms with Crippen LogP contribution in [0.25, 0.3) is 11.1 Å². The van der Waals surface area contributed by atoms with Crippen LogP contribution < -0.4 is 9.80 Å². The van der Waals surface area contributed by atoms with Crippen LogP contribution in [0, 0.1) is 57.0 Å². The quantitative estimate of drug-likeness (QED) is 0.152. The average molecular weight is 789 g/mol. The SMILES string of the molecule is N#Cc1cccc(N(c2ccc(C3(c4ccc(N(c5cccc(C#N)c5)c5cccc(C#N)c5)cc4)c4cccc(F)c4-c4c(F)cccc43)cc2)c2cccc(C#N)c2)c1. The zero-order valence-corrected chi connectivity index (χ0v) is 32.3. The second-order valence-corrected chi connectivity index (χ2v) is 14.5. The van der Waals surface area contributed by atoms with E-state index in [4.69, 9.17) is 0 Å². The second-order valence-electron chi connectivity index (χ2n) is 14.5. The van der Waals surface area contributed by atoms with Crippen LogP contribution in [0.3, 0.4) is 0 Å². The molecule has 8 aromatic carbocycles. The first-order chi connectivity index (χ1) is 29.9. The summed E-state index contributed by atoms with van der Waals surface area (Å²) in [6.45, 7) is 0. The van der Waals surface area contributed by atoms with Crippen molar-refractivity contribution in [2.24, 2.45) is 0 Å². The van der Waals surface area contributed by atoms with Gasteiger partial charge in [-0.05, 0) is 131 Å². The van der Waals surface area contributed by atoms with Crippen molar-refractivity contribution in [3.05, 3.63) is 238 Å². The van der Waals surface area contributed by atoms with Crippen LogP contribution in [-0.2, 0) is 5.41 Å². The Morgan fingerprint density at radius 3 is 0.934 bits per heavy atom. The molecule has 0 aromatic heterocycles. The van der Waals surface area contributed by atoms with Gasteiger partial charge in [-0.25, -0.2) is 8.78 Å². The van der Waals surface area contributed by atoms with E-state index in [9.17, 15) is 21.0 Å². The number of halogens is 2. The van der Waals surface area contributed by atoms with Gasteiger partial charge in [-0.15, -0.1) is 0 Å². The summed E-state index contributed by atoms with van der Waals surface area (Å²) in [5.74, 6) is -1.08. The molecule has 0 aliphatic heterocycles. The predicted molar refractivity (Wildman–Crippen MR) is 232 cm³/mol. The summed E-state index contributed by atoms with van der Waals surface area (Å²) in [7, 11) is 0. The monoisotopic (exact) mass is 788 g/mol. The standard InChI is InChI=1S/C53H30F2N6/c54-49-17-5-15-47-51(49)52-48(16-6-18-50(52)55)53(47,39-19-23-41(24-20-39)60(43-11-1-7-35(27-43)31-56)44-12-2-8-36(28-44)32-57)40-21-25-42(26-22-40)61(45-13-3-9-37(29-45)33-58)46-14-4-10-38(30-46)34-59/h1-30H. The molecule has 286 valence electrons. The van der Waals surface area contributed by atoms with E-state index in [1.165, 1.54) is 12.1 Å². The van der Waals surface area contributed by atoms with Crippen LogP contribution in [0.1, 0.15) is 44.5 Å². The summed E-state index contributed by atoms with van der Waals surface area (Å²) in [6, 6.07) is 62.9. The maximum Gasteiger partial charge on any atom is 0.131 e. The van der Waals surface area contributed by atoms with Gasteiger partial charge in [0.1, 0.15) is 11.6 Å². The van der Waals surface area contributed by atoms with E-state index < -0.39 is 17.0 Å². The van der Waals surface area contributed by atoms with Gasteiger partial charge in [0.2, 0.25) is 0 Å². The summed E-state index contributed by atoms with van der Waals surface area (Å²) in [4.78, 5) is 3.92. The van der Waals surface area contributed by atoms with Gasteiger partial charge in [0.15, 0.2) is 0 Å². The Morgan fingerprint density at radius 2 is 0.639 bits per heavy atom. The van der Waals surface area contributed by atoms with E-state index in [1.54, 1.807) is 84.9 Å². The van der Waals surface area contributed by atoms with Gasteiger partial charge in [-0.1, -0.05) is 72.8 Å². The lowest BCUT2D eigenvalue weighted by Crippen LogP contribution is -2.29. The Labute approximate surface area is 351 Å². The minimum Gasteiger partial charge on any atom is -0.310 e. The normalized spacial score (nSPS) is 11.8. The second kappa shape index (κ2) is 15.5. The smallest absolute Gasteiger partial charge is 0.131 e. The first-order valence-corrected chi connectivity index (χ1v) is 19.3. The molecule has 0 saturated carbocycles. The summed E-state index contributed by atoms with van der Waals surface area (Å²) >= 11 is 0. The molecule has 0 heterocycles. The number of hydrogen-bond acceptors (Lipinski definition) is 6. The first-order valence-electron chi connectivity index (χ1n) is 19.3. The van der Waals surface area contributed by atoms with Gasteiger partial charge in [0.05, 0.1) is 51.9 Å². The summed E-state index contributed by atoms with van der Waals surface area (Å²) in [6.07, 6.45) is 0. The fourth-order valence-corrected chi connectivity index (χ4v) is 8.59. The number of fused-ring (bicyclic) bond motifs is 3. The highest BCUT2D eigenvalue weighted by molar-refractivity contribution is 5.88. The molecule has 0 fully saturated rings. The minimum atomic E-state index is -1.19. The predicted octanol–water partition coefficient (Wildman–Crippen LogP) is 12.8. The lowest BCUT2D eigenvalue weighted by molar-refractivity contribution is 0.617. The topological polar surface area (TPSA) is 102 Å². The first kappa shape index (κ1) is 37.7. The highest BCUT2D eigenvalue weighted by Gasteiger charge is 2.48. The number of nitrogens with zero attached hydrogens (tertiary/aromatic N) is 6. The van der Waals surface area contributed by atoms with Crippen molar-refractivity contribution in [3.8, 4) is 35.4 Å². The van der Waals surface area contributed by atoms with Gasteiger partial charge in [0.25, 0.3) is 0 Å². The van der Waals surface area contributed by atoms with Gasteiger partial charge in [-0.2, -0.15) is 21.0 Å². The molecule has 0 atom stereocenters. The molecule has 0 saturated heterocycles. The van der Waals surface area contributed by atoms with Crippen molar-refractivity contribution in [3.63, 3.8) is 0 Å². The molecule has 0 bridgehead atoms. The van der Waals surface area contributed by atoms with E-state index in [2.05, 4.69) is 24.3 Å². The van der Waals surface area contributed by atoms with Crippen LogP contribution in [-0.4, -0.2) is 0 Å². The largest absolute Gasteiger partial charge is 0.310 e. The average Bonchev–Trinajstić information content (AvgIpc) is 3.63. The zero-order valence-electron chi connectivity index (χ0n) is 32.3. The number of benzene rings is 8. The van der Waals surface area contributed by atoms with Gasteiger partial charge in [-0.3, -0.25) is 0 Å². The minimum absolute atomic E-state index is 0.190. The molecule has 9 rings (SSSR count). The molecule has 1 aliphatic carbocycles. The molecule has 1 aliphatic rings. The Morgan fingerprint density at radius 1 is 0.344 bits per heavy atom. The molecule has 0 unspecified atom stereocenters. The van der Waals surface area contributed by atoms with Crippen LogP contribution in [0.5, 0.6) is 0 Å². The third-order valence-corrected chi connectivity index (χ3v) is 11.1. The van der Waals surface area contributed by atoms with Gasteiger partial charge >= 0.3 is 0 Å². The molecular weight excluding hydrogens is 759 g/mol. The van der Waals surface area contributed by atoms with Gasteiger partial charge in [0, 0.05) is 45.3 Å². The Bertz CT molecular complexity index is 2850. The molecule has 0 N–H and O–H groups in total. The molecule has 8 heteroatoms. The van der Waals surface area contributed by atoms with E-state index >= 15 is 8.78 Å². The van der Waals surface area contributed by atoms with Crippen molar-refractivity contribution in [1.82, 2.24) is 0 Å². The van der Waals surface area contributed by atoms with Gasteiger partial charge < -0.3 is 9.80 Å². The van der Waals surface area contributed by atoms with Crippen molar-refractivity contribution in [2.45, 2.75) is 5.41 Å². The van der Waals surface area contributed by atoms with E-state index in [-0.39, 0.29) is 11.1 Å². The van der Waals surface area contributed by atoms with Crippen LogP contribution in [0.2, 0.25) is 0 Å². The van der Waals surface area contributed by atoms with Crippen molar-refractivity contribution in [1.29, 1.82) is 21.0 Å². The third-order valence-electron chi connectivity index (χ3n) is 11.1. The lowest BCUT2D eigenvalue weighted by Gasteiger charge is -2.35. The maximum atomic E-state index is 16.2. The van der Waals surface area contributed by atoms with Crippen LogP contribution in [0.4, 0.5) is 42.9 Å². The molecular formula is C53H30F2N6. The Balaban J connectivity index is 1.25. The van der Waals surface area contributed by atoms with E-state index in [1.807, 2.05) is 94.7 Å². The van der Waals surface area contributed by atoms with Crippen LogP contribution in [0.15, 0.2) is 182 Å². The lowest BCUT2D eigenvalue weighted by atomic mass is 9.67. The summed E-state index contributed by atoms with van der Waals surface area (Å²) < 4.78 is 32.4. The highest BCUT2D eigenvalue weighted by Crippen LogP contribution is 2.58. The fourth-order valence-electron chi connectivity index (χ4n) is 8.59. The summed E-state index contributed by atoms with van der Waals surface area (Å²) in [5, 5.41) is 39.1. The molecule has 0 amide bonds. The van der Waals surface area contributed by atoms with Crippen LogP contribution >= 0.6 is 0 Å². The molecule has 8 aromatic rings. The number of rotatable bonds is 8. The number of nitriles is 4. The van der Waals surface area contributed by atoms with E-state index in [0.29, 0.717) is 56.1 Å². The number of hydrogen-bond donors (Lipinski definition) is 0. The Hall–Kier alpha value is -8.82. The summed E-state index contributed by atoms with van der Waals surface area (Å²) in [5.41, 5.74) is 7.99. The molecule has 0 spiro atoms. The molecule has 0 radical (unpaired) electrons. The highest BCUT2D eigenvalue weighted by atomic mass is 19.1. The Kier molecular flexibility index (Phi) is 9.59. The zero-order chi connectivity index (χ0) is 42.1. The fraction of sp³-hybridized carbons (Fsp3) is 0.0189. The van der Waals surface area contributed by atoms with Crippen molar-refractivity contribution >= 4 is 34.1 Å². The number of anilines is 6. The maximum absolute atomic E-state index is 16.2. The van der Waals surface area contributed by atoms with E-state index in [0.717, 1.165) is 22.5 Å².